The summed E-state index contributed by atoms with van der Waals surface area (Å²) in [5.74, 6) is 0. The van der Waals surface area contributed by atoms with Crippen molar-refractivity contribution in [2.45, 2.75) is 16.9 Å². The van der Waals surface area contributed by atoms with Gasteiger partial charge in [-0.15, -0.1) is 0 Å². The number of benzene rings is 1. The average molecular weight is 249 g/mol. The topological polar surface area (TPSA) is 0 Å². The van der Waals surface area contributed by atoms with E-state index in [9.17, 15) is 0 Å². The Morgan fingerprint density at radius 3 is 1.90 bits per heavy atom. The number of hydrogen-bond acceptors (Lipinski definition) is 0. The van der Waals surface area contributed by atoms with E-state index < -0.39 is 19.6 Å². The summed E-state index contributed by atoms with van der Waals surface area (Å²) >= 11 is -0.819. The van der Waals surface area contributed by atoms with Gasteiger partial charge in [-0.2, -0.15) is 0 Å². The normalized spacial score (nSPS) is 10.4. The zero-order valence-corrected chi connectivity index (χ0v) is 9.05. The van der Waals surface area contributed by atoms with Crippen LogP contribution in [0.5, 0.6) is 0 Å². The summed E-state index contributed by atoms with van der Waals surface area (Å²) in [6.07, 6.45) is 0. The van der Waals surface area contributed by atoms with Gasteiger partial charge in [0.25, 0.3) is 0 Å². The van der Waals surface area contributed by atoms with E-state index in [-0.39, 0.29) is 0 Å². The first kappa shape index (κ1) is 8.11. The van der Waals surface area contributed by atoms with E-state index in [4.69, 9.17) is 0 Å². The van der Waals surface area contributed by atoms with Crippen LogP contribution in [0.4, 0.5) is 0 Å². The van der Waals surface area contributed by atoms with Gasteiger partial charge in [0.2, 0.25) is 0 Å². The third kappa shape index (κ3) is 2.01. The van der Waals surface area contributed by atoms with Gasteiger partial charge in [-0.05, 0) is 0 Å². The third-order valence-corrected chi connectivity index (χ3v) is 4.96. The van der Waals surface area contributed by atoms with E-state index in [1.54, 1.807) is 3.61 Å². The van der Waals surface area contributed by atoms with E-state index in [2.05, 4.69) is 41.1 Å². The molecule has 0 aliphatic carbocycles. The fraction of sp³-hybridized carbons (Fsp3) is 0.333. The molecular weight excluding hydrogens is 236 g/mol. The molecule has 0 radical (unpaired) electrons. The first-order valence-corrected chi connectivity index (χ1v) is 9.17. The standard InChI is InChI=1S/C9H13Te/c1-8-4-6-9(7-5-8)10(2)3/h4-7H,1-3H3/q+1. The van der Waals surface area contributed by atoms with Crippen LogP contribution in [0.25, 0.3) is 0 Å². The maximum absolute atomic E-state index is 2.38. The van der Waals surface area contributed by atoms with Crippen molar-refractivity contribution < 1.29 is 0 Å². The van der Waals surface area contributed by atoms with Gasteiger partial charge in [-0.3, -0.25) is 0 Å². The van der Waals surface area contributed by atoms with Crippen LogP contribution >= 0.6 is 0 Å². The van der Waals surface area contributed by atoms with Crippen LogP contribution in [0.2, 0.25) is 9.94 Å². The van der Waals surface area contributed by atoms with Crippen molar-refractivity contribution in [3.8, 4) is 0 Å². The third-order valence-electron chi connectivity index (χ3n) is 1.49. The van der Waals surface area contributed by atoms with Crippen LogP contribution in [-0.2, 0) is 0 Å². The summed E-state index contributed by atoms with van der Waals surface area (Å²) in [7, 11) is 0. The van der Waals surface area contributed by atoms with Gasteiger partial charge in [-0.25, -0.2) is 0 Å². The summed E-state index contributed by atoms with van der Waals surface area (Å²) in [5, 5.41) is 0. The van der Waals surface area contributed by atoms with E-state index in [0.717, 1.165) is 0 Å². The SMILES string of the molecule is Cc1ccc([Te+](C)C)cc1. The summed E-state index contributed by atoms with van der Waals surface area (Å²) < 4.78 is 1.59. The van der Waals surface area contributed by atoms with Crippen LogP contribution < -0.4 is 3.61 Å². The van der Waals surface area contributed by atoms with E-state index in [1.165, 1.54) is 5.56 Å². The Labute approximate surface area is 69.9 Å². The summed E-state index contributed by atoms with van der Waals surface area (Å²) in [4.78, 5) is 4.77. The number of rotatable bonds is 1. The van der Waals surface area contributed by atoms with Gasteiger partial charge in [0, 0.05) is 0 Å². The molecule has 0 amide bonds. The Morgan fingerprint density at radius 2 is 1.50 bits per heavy atom. The predicted molar refractivity (Wildman–Crippen MR) is 48.3 cm³/mol. The molecule has 1 aromatic carbocycles. The molecule has 54 valence electrons. The Bertz CT molecular complexity index is 198. The molecule has 1 aromatic rings. The molecule has 1 rings (SSSR count). The van der Waals surface area contributed by atoms with Gasteiger partial charge in [-0.1, -0.05) is 0 Å². The Kier molecular flexibility index (Phi) is 2.77. The first-order valence-electron chi connectivity index (χ1n) is 3.34. The molecule has 0 atom stereocenters. The van der Waals surface area contributed by atoms with Gasteiger partial charge in [0.15, 0.2) is 0 Å². The molecule has 0 aliphatic rings. The fourth-order valence-electron chi connectivity index (χ4n) is 0.810. The molecule has 1 heteroatoms. The summed E-state index contributed by atoms with van der Waals surface area (Å²) in [6, 6.07) is 8.95. The second-order valence-electron chi connectivity index (χ2n) is 2.63. The van der Waals surface area contributed by atoms with Crippen molar-refractivity contribution in [3.63, 3.8) is 0 Å². The van der Waals surface area contributed by atoms with Crippen LogP contribution in [0.3, 0.4) is 0 Å². The van der Waals surface area contributed by atoms with Crippen molar-refractivity contribution >= 4 is 23.2 Å². The van der Waals surface area contributed by atoms with Crippen molar-refractivity contribution in [2.75, 3.05) is 0 Å². The van der Waals surface area contributed by atoms with Gasteiger partial charge in [0.1, 0.15) is 0 Å². The summed E-state index contributed by atoms with van der Waals surface area (Å²) in [6.45, 7) is 2.13. The van der Waals surface area contributed by atoms with E-state index in [0.29, 0.717) is 0 Å². The molecule has 0 fully saturated rings. The van der Waals surface area contributed by atoms with Crippen LogP contribution in [-0.4, -0.2) is 19.6 Å². The molecule has 0 spiro atoms. The minimum absolute atomic E-state index is 0.819. The number of hydrogen-bond donors (Lipinski definition) is 0. The maximum atomic E-state index is 2.38. The Balaban J connectivity index is 2.89. The second-order valence-corrected chi connectivity index (χ2v) is 8.64. The second kappa shape index (κ2) is 3.42. The van der Waals surface area contributed by atoms with Gasteiger partial charge >= 0.3 is 69.9 Å². The van der Waals surface area contributed by atoms with Gasteiger partial charge in [0.05, 0.1) is 0 Å². The van der Waals surface area contributed by atoms with Gasteiger partial charge < -0.3 is 0 Å². The average Bonchev–Trinajstić information content (AvgIpc) is 1.88. The molecule has 0 N–H and O–H groups in total. The quantitative estimate of drug-likeness (QED) is 0.667. The molecule has 10 heavy (non-hydrogen) atoms. The van der Waals surface area contributed by atoms with Crippen molar-refractivity contribution in [1.82, 2.24) is 0 Å². The van der Waals surface area contributed by atoms with E-state index >= 15 is 0 Å². The van der Waals surface area contributed by atoms with Crippen LogP contribution in [0.15, 0.2) is 24.3 Å². The molecule has 0 heterocycles. The molecular formula is C9H13Te+. The molecule has 0 saturated heterocycles. The monoisotopic (exact) mass is 251 g/mol. The molecule has 0 unspecified atom stereocenters. The minimum atomic E-state index is -0.819. The van der Waals surface area contributed by atoms with Crippen LogP contribution in [0, 0.1) is 6.92 Å². The van der Waals surface area contributed by atoms with E-state index in [1.807, 2.05) is 0 Å². The zero-order valence-electron chi connectivity index (χ0n) is 6.72. The van der Waals surface area contributed by atoms with Crippen molar-refractivity contribution in [2.24, 2.45) is 0 Å². The molecule has 0 bridgehead atoms. The molecule has 0 nitrogen and oxygen atoms in total. The Morgan fingerprint density at radius 1 is 1.00 bits per heavy atom. The van der Waals surface area contributed by atoms with Crippen molar-refractivity contribution in [3.05, 3.63) is 29.8 Å². The first-order chi connectivity index (χ1) is 4.70. The van der Waals surface area contributed by atoms with Crippen molar-refractivity contribution in [1.29, 1.82) is 0 Å². The zero-order chi connectivity index (χ0) is 7.56. The molecule has 0 aliphatic heterocycles. The Hall–Kier alpha value is 0.00961. The predicted octanol–water partition coefficient (Wildman–Crippen LogP) is 1.96. The molecule has 0 saturated carbocycles. The summed E-state index contributed by atoms with van der Waals surface area (Å²) in [5.41, 5.74) is 1.36. The fourth-order valence-corrected chi connectivity index (χ4v) is 2.75. The molecule has 0 aromatic heterocycles. The van der Waals surface area contributed by atoms with Crippen LogP contribution in [0.1, 0.15) is 5.56 Å². The number of aryl methyl sites for hydroxylation is 1.